The fraction of sp³-hybridized carbons (Fsp3) is 0.308. The van der Waals surface area contributed by atoms with Crippen molar-refractivity contribution in [3.05, 3.63) is 28.8 Å². The SMILES string of the molecule is CCNC(=O)NC(=O)C(C)Oc1cc(Cl)ccc1C(N)=S. The molecule has 0 saturated heterocycles. The summed E-state index contributed by atoms with van der Waals surface area (Å²) in [6, 6.07) is 4.14. The Hall–Kier alpha value is -1.86. The molecule has 0 aliphatic rings. The fourth-order valence-electron chi connectivity index (χ4n) is 1.46. The van der Waals surface area contributed by atoms with E-state index in [1.54, 1.807) is 19.1 Å². The molecule has 0 fully saturated rings. The van der Waals surface area contributed by atoms with Gasteiger partial charge in [0.1, 0.15) is 10.7 Å². The zero-order valence-corrected chi connectivity index (χ0v) is 13.2. The molecule has 0 aromatic heterocycles. The Bertz CT molecular complexity index is 566. The largest absolute Gasteiger partial charge is 0.480 e. The van der Waals surface area contributed by atoms with Crippen LogP contribution < -0.4 is 21.1 Å². The maximum Gasteiger partial charge on any atom is 0.321 e. The van der Waals surface area contributed by atoms with Gasteiger partial charge in [-0.1, -0.05) is 23.8 Å². The number of urea groups is 1. The molecule has 0 aliphatic heterocycles. The van der Waals surface area contributed by atoms with Gasteiger partial charge in [0.15, 0.2) is 6.10 Å². The summed E-state index contributed by atoms with van der Waals surface area (Å²) in [5, 5.41) is 5.02. The molecule has 1 unspecified atom stereocenters. The van der Waals surface area contributed by atoms with Gasteiger partial charge in [-0.3, -0.25) is 10.1 Å². The van der Waals surface area contributed by atoms with E-state index in [1.807, 2.05) is 0 Å². The molecule has 6 nitrogen and oxygen atoms in total. The van der Waals surface area contributed by atoms with E-state index in [4.69, 9.17) is 34.3 Å². The number of rotatable bonds is 5. The van der Waals surface area contributed by atoms with Gasteiger partial charge >= 0.3 is 6.03 Å². The number of benzene rings is 1. The number of halogens is 1. The standard InChI is InChI=1S/C13H16ClN3O3S/c1-3-16-13(19)17-12(18)7(2)20-10-6-8(14)4-5-9(10)11(15)21/h4-7H,3H2,1-2H3,(H2,15,21)(H2,16,17,18,19). The van der Waals surface area contributed by atoms with Gasteiger partial charge in [0.05, 0.1) is 5.56 Å². The van der Waals surface area contributed by atoms with E-state index >= 15 is 0 Å². The van der Waals surface area contributed by atoms with E-state index in [0.29, 0.717) is 17.1 Å². The van der Waals surface area contributed by atoms with Gasteiger partial charge in [-0.15, -0.1) is 0 Å². The molecule has 114 valence electrons. The Morgan fingerprint density at radius 3 is 2.71 bits per heavy atom. The van der Waals surface area contributed by atoms with Crippen molar-refractivity contribution in [1.29, 1.82) is 0 Å². The first-order valence-electron chi connectivity index (χ1n) is 6.19. The number of amides is 3. The Kier molecular flexibility index (Phi) is 6.39. The second-order valence-electron chi connectivity index (χ2n) is 4.11. The van der Waals surface area contributed by atoms with Crippen LogP contribution in [0, 0.1) is 0 Å². The van der Waals surface area contributed by atoms with Crippen LogP contribution in [0.3, 0.4) is 0 Å². The molecule has 0 heterocycles. The molecular formula is C13H16ClN3O3S. The van der Waals surface area contributed by atoms with Crippen molar-refractivity contribution in [1.82, 2.24) is 10.6 Å². The number of ether oxygens (including phenoxy) is 1. The van der Waals surface area contributed by atoms with Crippen molar-refractivity contribution < 1.29 is 14.3 Å². The van der Waals surface area contributed by atoms with Crippen molar-refractivity contribution in [3.8, 4) is 5.75 Å². The van der Waals surface area contributed by atoms with Crippen LogP contribution in [0.4, 0.5) is 4.79 Å². The van der Waals surface area contributed by atoms with Gasteiger partial charge in [0.2, 0.25) is 0 Å². The van der Waals surface area contributed by atoms with E-state index < -0.39 is 18.0 Å². The summed E-state index contributed by atoms with van der Waals surface area (Å²) < 4.78 is 5.48. The highest BCUT2D eigenvalue weighted by atomic mass is 35.5. The van der Waals surface area contributed by atoms with E-state index in [9.17, 15) is 9.59 Å². The van der Waals surface area contributed by atoms with E-state index in [-0.39, 0.29) is 10.7 Å². The summed E-state index contributed by atoms with van der Waals surface area (Å²) in [4.78, 5) is 23.2. The van der Waals surface area contributed by atoms with E-state index in [0.717, 1.165) is 0 Å². The average molecular weight is 330 g/mol. The molecule has 1 aromatic carbocycles. The number of hydrogen-bond donors (Lipinski definition) is 3. The van der Waals surface area contributed by atoms with Crippen LogP contribution in [0.1, 0.15) is 19.4 Å². The number of carbonyl (C=O) groups is 2. The molecule has 1 rings (SSSR count). The van der Waals surface area contributed by atoms with Crippen molar-refractivity contribution >= 4 is 40.7 Å². The first-order chi connectivity index (χ1) is 9.85. The van der Waals surface area contributed by atoms with Gasteiger partial charge in [-0.25, -0.2) is 4.79 Å². The Morgan fingerprint density at radius 2 is 2.14 bits per heavy atom. The highest BCUT2D eigenvalue weighted by molar-refractivity contribution is 7.80. The highest BCUT2D eigenvalue weighted by Gasteiger charge is 2.19. The molecule has 1 aromatic rings. The second-order valence-corrected chi connectivity index (χ2v) is 4.99. The molecule has 1 atom stereocenters. The number of thiocarbonyl (C=S) groups is 1. The minimum absolute atomic E-state index is 0.123. The molecule has 0 bridgehead atoms. The summed E-state index contributed by atoms with van der Waals surface area (Å²) in [7, 11) is 0. The zero-order chi connectivity index (χ0) is 16.0. The Morgan fingerprint density at radius 1 is 1.48 bits per heavy atom. The van der Waals surface area contributed by atoms with Crippen LogP contribution in [-0.4, -0.2) is 29.6 Å². The number of hydrogen-bond acceptors (Lipinski definition) is 4. The Labute approximate surface area is 133 Å². The molecule has 0 saturated carbocycles. The summed E-state index contributed by atoms with van der Waals surface area (Å²) >= 11 is 10.8. The van der Waals surface area contributed by atoms with Crippen LogP contribution >= 0.6 is 23.8 Å². The monoisotopic (exact) mass is 329 g/mol. The molecule has 8 heteroatoms. The van der Waals surface area contributed by atoms with Gasteiger partial charge in [0, 0.05) is 11.6 Å². The Balaban J connectivity index is 2.80. The zero-order valence-electron chi connectivity index (χ0n) is 11.6. The molecule has 0 aliphatic carbocycles. The molecule has 3 amide bonds. The van der Waals surface area contributed by atoms with Crippen LogP contribution in [0.25, 0.3) is 0 Å². The lowest BCUT2D eigenvalue weighted by Crippen LogP contribution is -2.45. The molecular weight excluding hydrogens is 314 g/mol. The highest BCUT2D eigenvalue weighted by Crippen LogP contribution is 2.24. The van der Waals surface area contributed by atoms with Crippen LogP contribution in [0.5, 0.6) is 5.75 Å². The minimum Gasteiger partial charge on any atom is -0.480 e. The van der Waals surface area contributed by atoms with Gasteiger partial charge in [-0.05, 0) is 32.0 Å². The third-order valence-electron chi connectivity index (χ3n) is 2.46. The van der Waals surface area contributed by atoms with E-state index in [2.05, 4.69) is 10.6 Å². The number of nitrogens with two attached hydrogens (primary N) is 1. The quantitative estimate of drug-likeness (QED) is 0.713. The molecule has 0 spiro atoms. The first-order valence-corrected chi connectivity index (χ1v) is 6.98. The van der Waals surface area contributed by atoms with Crippen molar-refractivity contribution in [2.45, 2.75) is 20.0 Å². The van der Waals surface area contributed by atoms with Crippen molar-refractivity contribution in [2.75, 3.05) is 6.54 Å². The van der Waals surface area contributed by atoms with Crippen molar-refractivity contribution in [3.63, 3.8) is 0 Å². The summed E-state index contributed by atoms with van der Waals surface area (Å²) in [6.45, 7) is 3.65. The van der Waals surface area contributed by atoms with Crippen LogP contribution in [-0.2, 0) is 4.79 Å². The lowest BCUT2D eigenvalue weighted by atomic mass is 10.2. The van der Waals surface area contributed by atoms with Gasteiger partial charge < -0.3 is 15.8 Å². The predicted molar refractivity (Wildman–Crippen MR) is 84.6 cm³/mol. The van der Waals surface area contributed by atoms with Gasteiger partial charge in [0.25, 0.3) is 5.91 Å². The van der Waals surface area contributed by atoms with E-state index in [1.165, 1.54) is 13.0 Å². The molecule has 4 N–H and O–H groups in total. The average Bonchev–Trinajstić information content (AvgIpc) is 2.38. The maximum atomic E-state index is 11.8. The van der Waals surface area contributed by atoms with Gasteiger partial charge in [-0.2, -0.15) is 0 Å². The summed E-state index contributed by atoms with van der Waals surface area (Å²) in [6.07, 6.45) is -0.917. The minimum atomic E-state index is -0.917. The lowest BCUT2D eigenvalue weighted by molar-refractivity contribution is -0.126. The number of imide groups is 1. The predicted octanol–water partition coefficient (Wildman–Crippen LogP) is 1.59. The van der Waals surface area contributed by atoms with Crippen molar-refractivity contribution in [2.24, 2.45) is 5.73 Å². The summed E-state index contributed by atoms with van der Waals surface area (Å²) in [5.74, 6) is -0.302. The number of carbonyl (C=O) groups excluding carboxylic acids is 2. The summed E-state index contributed by atoms with van der Waals surface area (Å²) in [5.41, 5.74) is 6.05. The number of nitrogens with one attached hydrogen (secondary N) is 2. The topological polar surface area (TPSA) is 93.5 Å². The molecule has 0 radical (unpaired) electrons. The normalized spacial score (nSPS) is 11.4. The van der Waals surface area contributed by atoms with Crippen LogP contribution in [0.2, 0.25) is 5.02 Å². The maximum absolute atomic E-state index is 11.8. The first kappa shape index (κ1) is 17.2. The lowest BCUT2D eigenvalue weighted by Gasteiger charge is -2.16. The second kappa shape index (κ2) is 7.80. The fourth-order valence-corrected chi connectivity index (χ4v) is 1.79. The third-order valence-corrected chi connectivity index (χ3v) is 2.91. The smallest absolute Gasteiger partial charge is 0.321 e. The van der Waals surface area contributed by atoms with Crippen LogP contribution in [0.15, 0.2) is 18.2 Å². The third kappa shape index (κ3) is 5.20. The molecule has 21 heavy (non-hydrogen) atoms.